The molecule has 0 saturated carbocycles. The van der Waals surface area contributed by atoms with Crippen LogP contribution >= 0.6 is 0 Å². The molecule has 0 unspecified atom stereocenters. The lowest BCUT2D eigenvalue weighted by atomic mass is 10.0. The van der Waals surface area contributed by atoms with E-state index in [0.717, 1.165) is 24.4 Å². The van der Waals surface area contributed by atoms with E-state index < -0.39 is 0 Å². The van der Waals surface area contributed by atoms with E-state index in [4.69, 9.17) is 4.74 Å². The first-order valence-corrected chi connectivity index (χ1v) is 6.56. The number of hydrogen-bond acceptors (Lipinski definition) is 4. The maximum Gasteiger partial charge on any atom is 0.327 e. The number of aryl methyl sites for hydroxylation is 1. The van der Waals surface area contributed by atoms with E-state index in [0.29, 0.717) is 12.6 Å². The molecule has 1 aromatic heterocycles. The van der Waals surface area contributed by atoms with Crippen molar-refractivity contribution >= 4 is 5.97 Å². The SMILES string of the molecule is CCOC(=O)Cn1nc(C)c([C@H]2CCCN2)c1C. The Labute approximate surface area is 108 Å². The molecular formula is C13H21N3O2. The van der Waals surface area contributed by atoms with Gasteiger partial charge in [0.25, 0.3) is 0 Å². The van der Waals surface area contributed by atoms with Gasteiger partial charge in [-0.25, -0.2) is 0 Å². The number of ether oxygens (including phenoxy) is 1. The maximum atomic E-state index is 11.5. The standard InChI is InChI=1S/C13H21N3O2/c1-4-18-12(17)8-16-10(3)13(9(2)15-16)11-6-5-7-14-11/h11,14H,4-8H2,1-3H3/t11-/m1/s1. The van der Waals surface area contributed by atoms with Crippen LogP contribution in [0.2, 0.25) is 0 Å². The first kappa shape index (κ1) is 13.1. The van der Waals surface area contributed by atoms with Crippen LogP contribution in [-0.4, -0.2) is 28.9 Å². The average molecular weight is 251 g/mol. The van der Waals surface area contributed by atoms with E-state index >= 15 is 0 Å². The van der Waals surface area contributed by atoms with Crippen LogP contribution in [0, 0.1) is 13.8 Å². The van der Waals surface area contributed by atoms with Crippen molar-refractivity contribution in [3.05, 3.63) is 17.0 Å². The Kier molecular flexibility index (Phi) is 4.01. The monoisotopic (exact) mass is 251 g/mol. The van der Waals surface area contributed by atoms with Crippen LogP contribution in [0.5, 0.6) is 0 Å². The highest BCUT2D eigenvalue weighted by atomic mass is 16.5. The van der Waals surface area contributed by atoms with Gasteiger partial charge < -0.3 is 10.1 Å². The number of nitrogens with one attached hydrogen (secondary N) is 1. The van der Waals surface area contributed by atoms with Gasteiger partial charge in [-0.1, -0.05) is 0 Å². The van der Waals surface area contributed by atoms with E-state index in [1.807, 2.05) is 20.8 Å². The molecule has 1 aromatic rings. The maximum absolute atomic E-state index is 11.5. The van der Waals surface area contributed by atoms with Crippen molar-refractivity contribution in [3.8, 4) is 0 Å². The van der Waals surface area contributed by atoms with E-state index in [1.54, 1.807) is 4.68 Å². The van der Waals surface area contributed by atoms with Gasteiger partial charge >= 0.3 is 5.97 Å². The summed E-state index contributed by atoms with van der Waals surface area (Å²) >= 11 is 0. The van der Waals surface area contributed by atoms with Crippen molar-refractivity contribution < 1.29 is 9.53 Å². The van der Waals surface area contributed by atoms with Gasteiger partial charge in [-0.2, -0.15) is 5.10 Å². The topological polar surface area (TPSA) is 56.2 Å². The van der Waals surface area contributed by atoms with E-state index in [1.165, 1.54) is 12.0 Å². The Balaban J connectivity index is 2.17. The van der Waals surface area contributed by atoms with Gasteiger partial charge in [0.1, 0.15) is 6.54 Å². The molecule has 0 bridgehead atoms. The van der Waals surface area contributed by atoms with Crippen molar-refractivity contribution in [2.75, 3.05) is 13.2 Å². The molecule has 0 aromatic carbocycles. The normalized spacial score (nSPS) is 19.2. The first-order valence-electron chi connectivity index (χ1n) is 6.56. The molecule has 1 N–H and O–H groups in total. The summed E-state index contributed by atoms with van der Waals surface area (Å²) in [5.41, 5.74) is 3.33. The zero-order chi connectivity index (χ0) is 13.1. The van der Waals surface area contributed by atoms with Crippen molar-refractivity contribution in [2.45, 2.75) is 46.2 Å². The molecule has 0 aliphatic carbocycles. The van der Waals surface area contributed by atoms with Crippen LogP contribution in [0.15, 0.2) is 0 Å². The second-order valence-corrected chi connectivity index (χ2v) is 4.70. The summed E-state index contributed by atoms with van der Waals surface area (Å²) in [5, 5.41) is 7.93. The van der Waals surface area contributed by atoms with Gasteiger partial charge in [-0.05, 0) is 40.2 Å². The summed E-state index contributed by atoms with van der Waals surface area (Å²) in [6, 6.07) is 0.390. The molecule has 0 spiro atoms. The third-order valence-electron chi connectivity index (χ3n) is 3.43. The van der Waals surface area contributed by atoms with E-state index in [2.05, 4.69) is 10.4 Å². The Morgan fingerprint density at radius 1 is 1.56 bits per heavy atom. The van der Waals surface area contributed by atoms with Crippen LogP contribution in [-0.2, 0) is 16.1 Å². The molecule has 100 valence electrons. The number of aromatic nitrogens is 2. The Morgan fingerprint density at radius 3 is 2.94 bits per heavy atom. The smallest absolute Gasteiger partial charge is 0.327 e. The average Bonchev–Trinajstić information content (AvgIpc) is 2.89. The number of hydrogen-bond donors (Lipinski definition) is 1. The molecule has 5 heteroatoms. The molecule has 1 atom stereocenters. The largest absolute Gasteiger partial charge is 0.465 e. The second-order valence-electron chi connectivity index (χ2n) is 4.70. The summed E-state index contributed by atoms with van der Waals surface area (Å²) in [4.78, 5) is 11.5. The van der Waals surface area contributed by atoms with E-state index in [-0.39, 0.29) is 12.5 Å². The van der Waals surface area contributed by atoms with Crippen LogP contribution in [0.1, 0.15) is 42.8 Å². The molecule has 2 heterocycles. The molecule has 1 saturated heterocycles. The van der Waals surface area contributed by atoms with Crippen LogP contribution in [0.25, 0.3) is 0 Å². The number of carbonyl (C=O) groups is 1. The molecule has 5 nitrogen and oxygen atoms in total. The lowest BCUT2D eigenvalue weighted by Crippen LogP contribution is -2.17. The van der Waals surface area contributed by atoms with Gasteiger partial charge in [-0.3, -0.25) is 9.48 Å². The Morgan fingerprint density at radius 2 is 2.33 bits per heavy atom. The Hall–Kier alpha value is -1.36. The van der Waals surface area contributed by atoms with Gasteiger partial charge in [-0.15, -0.1) is 0 Å². The summed E-state index contributed by atoms with van der Waals surface area (Å²) in [6.45, 7) is 7.51. The van der Waals surface area contributed by atoms with Crippen molar-refractivity contribution in [3.63, 3.8) is 0 Å². The minimum atomic E-state index is -0.228. The number of rotatable bonds is 4. The third-order valence-corrected chi connectivity index (χ3v) is 3.43. The first-order chi connectivity index (χ1) is 8.63. The third kappa shape index (κ3) is 2.56. The molecule has 0 radical (unpaired) electrons. The van der Waals surface area contributed by atoms with Gasteiger partial charge in [0.2, 0.25) is 0 Å². The fourth-order valence-corrected chi connectivity index (χ4v) is 2.63. The summed E-state index contributed by atoms with van der Waals surface area (Å²) < 4.78 is 6.71. The van der Waals surface area contributed by atoms with Crippen LogP contribution in [0.3, 0.4) is 0 Å². The van der Waals surface area contributed by atoms with Crippen LogP contribution < -0.4 is 5.32 Å². The number of carbonyl (C=O) groups excluding carboxylic acids is 1. The summed E-state index contributed by atoms with van der Waals surface area (Å²) in [6.07, 6.45) is 2.35. The molecule has 1 aliphatic rings. The summed E-state index contributed by atoms with van der Waals surface area (Å²) in [7, 11) is 0. The number of esters is 1. The highest BCUT2D eigenvalue weighted by Gasteiger charge is 2.24. The molecule has 1 fully saturated rings. The lowest BCUT2D eigenvalue weighted by Gasteiger charge is -2.11. The minimum absolute atomic E-state index is 0.202. The van der Waals surface area contributed by atoms with Crippen LogP contribution in [0.4, 0.5) is 0 Å². The molecule has 18 heavy (non-hydrogen) atoms. The van der Waals surface area contributed by atoms with E-state index in [9.17, 15) is 4.79 Å². The summed E-state index contributed by atoms with van der Waals surface area (Å²) in [5.74, 6) is -0.228. The second kappa shape index (κ2) is 5.52. The predicted octanol–water partition coefficient (Wildman–Crippen LogP) is 1.49. The highest BCUT2D eigenvalue weighted by molar-refractivity contribution is 5.69. The molecular weight excluding hydrogens is 230 g/mol. The number of nitrogens with zero attached hydrogens (tertiary/aromatic N) is 2. The van der Waals surface area contributed by atoms with Gasteiger partial charge in [0, 0.05) is 17.3 Å². The van der Waals surface area contributed by atoms with Crippen molar-refractivity contribution in [1.82, 2.24) is 15.1 Å². The fourth-order valence-electron chi connectivity index (χ4n) is 2.63. The Bertz CT molecular complexity index is 434. The zero-order valence-electron chi connectivity index (χ0n) is 11.3. The zero-order valence-corrected chi connectivity index (χ0v) is 11.3. The minimum Gasteiger partial charge on any atom is -0.465 e. The predicted molar refractivity (Wildman–Crippen MR) is 68.3 cm³/mol. The highest BCUT2D eigenvalue weighted by Crippen LogP contribution is 2.28. The molecule has 2 rings (SSSR count). The molecule has 1 aliphatic heterocycles. The lowest BCUT2D eigenvalue weighted by molar-refractivity contribution is -0.144. The van der Waals surface area contributed by atoms with Gasteiger partial charge in [0.05, 0.1) is 12.3 Å². The fraction of sp³-hybridized carbons (Fsp3) is 0.692. The van der Waals surface area contributed by atoms with Crippen molar-refractivity contribution in [2.24, 2.45) is 0 Å². The van der Waals surface area contributed by atoms with Gasteiger partial charge in [0.15, 0.2) is 0 Å². The quantitative estimate of drug-likeness (QED) is 0.824. The molecule has 0 amide bonds. The van der Waals surface area contributed by atoms with Crippen molar-refractivity contribution in [1.29, 1.82) is 0 Å².